The smallest absolute Gasteiger partial charge is 0.305 e. The molecule has 1 atom stereocenters. The van der Waals surface area contributed by atoms with Crippen molar-refractivity contribution < 1.29 is 15.1 Å². The van der Waals surface area contributed by atoms with E-state index in [1.165, 1.54) is 18.0 Å². The summed E-state index contributed by atoms with van der Waals surface area (Å²) in [4.78, 5) is 14.9. The standard InChI is InChI=1S/C8H12N2O3S/c1-2-8(3-7(11)12)5-14-6(10-8)4-9-13/h4,13H,2-3,5H2,1H3,(H,11,12). The first-order valence-electron chi connectivity index (χ1n) is 4.24. The highest BCUT2D eigenvalue weighted by atomic mass is 32.2. The third kappa shape index (κ3) is 2.47. The van der Waals surface area contributed by atoms with E-state index in [0.29, 0.717) is 17.2 Å². The molecule has 5 nitrogen and oxygen atoms in total. The Morgan fingerprint density at radius 3 is 3.07 bits per heavy atom. The molecule has 0 aromatic heterocycles. The number of thioether (sulfide) groups is 1. The fourth-order valence-corrected chi connectivity index (χ4v) is 2.47. The first kappa shape index (κ1) is 11.0. The Labute approximate surface area is 85.9 Å². The second kappa shape index (κ2) is 4.45. The van der Waals surface area contributed by atoms with Crippen molar-refractivity contribution in [2.24, 2.45) is 10.1 Å². The van der Waals surface area contributed by atoms with Gasteiger partial charge < -0.3 is 10.3 Å². The molecule has 78 valence electrons. The van der Waals surface area contributed by atoms with Crippen LogP contribution in [0.5, 0.6) is 0 Å². The van der Waals surface area contributed by atoms with Crippen LogP contribution in [0.15, 0.2) is 10.1 Å². The number of nitrogens with zero attached hydrogens (tertiary/aromatic N) is 2. The molecule has 2 N–H and O–H groups in total. The Morgan fingerprint density at radius 1 is 1.86 bits per heavy atom. The van der Waals surface area contributed by atoms with Crippen LogP contribution in [0, 0.1) is 0 Å². The quantitative estimate of drug-likeness (QED) is 0.420. The molecule has 1 unspecified atom stereocenters. The first-order valence-corrected chi connectivity index (χ1v) is 5.22. The predicted molar refractivity (Wildman–Crippen MR) is 55.4 cm³/mol. The van der Waals surface area contributed by atoms with Crippen molar-refractivity contribution in [1.82, 2.24) is 0 Å². The first-order chi connectivity index (χ1) is 6.62. The topological polar surface area (TPSA) is 82.2 Å². The van der Waals surface area contributed by atoms with E-state index in [-0.39, 0.29) is 6.42 Å². The van der Waals surface area contributed by atoms with Crippen molar-refractivity contribution >= 4 is 29.0 Å². The SMILES string of the molecule is CCC1(CC(=O)O)CSC(C=NO)=N1. The van der Waals surface area contributed by atoms with E-state index in [1.807, 2.05) is 6.92 Å². The van der Waals surface area contributed by atoms with Gasteiger partial charge in [-0.25, -0.2) is 0 Å². The minimum Gasteiger partial charge on any atom is -0.481 e. The van der Waals surface area contributed by atoms with E-state index >= 15 is 0 Å². The van der Waals surface area contributed by atoms with Crippen LogP contribution in [-0.4, -0.2) is 38.8 Å². The molecule has 14 heavy (non-hydrogen) atoms. The summed E-state index contributed by atoms with van der Waals surface area (Å²) in [7, 11) is 0. The van der Waals surface area contributed by atoms with E-state index in [4.69, 9.17) is 10.3 Å². The lowest BCUT2D eigenvalue weighted by molar-refractivity contribution is -0.138. The van der Waals surface area contributed by atoms with Crippen molar-refractivity contribution in [1.29, 1.82) is 0 Å². The van der Waals surface area contributed by atoms with Crippen LogP contribution in [0.1, 0.15) is 19.8 Å². The molecule has 1 heterocycles. The van der Waals surface area contributed by atoms with Crippen LogP contribution < -0.4 is 0 Å². The lowest BCUT2D eigenvalue weighted by Gasteiger charge is -2.20. The number of aliphatic imine (C=N–C) groups is 1. The van der Waals surface area contributed by atoms with Gasteiger partial charge in [0.15, 0.2) is 0 Å². The van der Waals surface area contributed by atoms with E-state index < -0.39 is 11.5 Å². The molecule has 6 heteroatoms. The minimum absolute atomic E-state index is 0.0271. The summed E-state index contributed by atoms with van der Waals surface area (Å²) < 4.78 is 0. The number of oxime groups is 1. The third-order valence-electron chi connectivity index (χ3n) is 2.14. The Bertz CT molecular complexity index is 290. The molecule has 0 fully saturated rings. The molecule has 1 aliphatic rings. The molecule has 0 spiro atoms. The zero-order valence-electron chi connectivity index (χ0n) is 7.80. The molecule has 0 aliphatic carbocycles. The van der Waals surface area contributed by atoms with Gasteiger partial charge in [0.25, 0.3) is 0 Å². The highest BCUT2D eigenvalue weighted by molar-refractivity contribution is 8.15. The Balaban J connectivity index is 2.78. The summed E-state index contributed by atoms with van der Waals surface area (Å²) in [5.41, 5.74) is -0.521. The molecule has 0 amide bonds. The average molecular weight is 216 g/mol. The highest BCUT2D eigenvalue weighted by Gasteiger charge is 2.35. The fraction of sp³-hybridized carbons (Fsp3) is 0.625. The number of aliphatic carboxylic acids is 1. The van der Waals surface area contributed by atoms with Gasteiger partial charge in [0.05, 0.1) is 18.2 Å². The third-order valence-corrected chi connectivity index (χ3v) is 3.32. The van der Waals surface area contributed by atoms with Gasteiger partial charge in [0.2, 0.25) is 0 Å². The molecule has 0 aromatic carbocycles. The fourth-order valence-electron chi connectivity index (χ4n) is 1.30. The summed E-state index contributed by atoms with van der Waals surface area (Å²) >= 11 is 1.42. The van der Waals surface area contributed by atoms with Gasteiger partial charge in [-0.2, -0.15) is 0 Å². The molecule has 0 radical (unpaired) electrons. The molecular weight excluding hydrogens is 204 g/mol. The van der Waals surface area contributed by atoms with Gasteiger partial charge in [-0.05, 0) is 6.42 Å². The summed E-state index contributed by atoms with van der Waals surface area (Å²) in [6.45, 7) is 1.91. The number of carbonyl (C=O) groups is 1. The number of hydrogen-bond acceptors (Lipinski definition) is 5. The van der Waals surface area contributed by atoms with Crippen molar-refractivity contribution in [3.05, 3.63) is 0 Å². The van der Waals surface area contributed by atoms with Gasteiger partial charge in [-0.3, -0.25) is 9.79 Å². The molecule has 0 aromatic rings. The molecule has 0 bridgehead atoms. The minimum atomic E-state index is -0.849. The highest BCUT2D eigenvalue weighted by Crippen LogP contribution is 2.33. The van der Waals surface area contributed by atoms with Gasteiger partial charge in [-0.1, -0.05) is 12.1 Å². The van der Waals surface area contributed by atoms with Crippen LogP contribution in [0.25, 0.3) is 0 Å². The average Bonchev–Trinajstić information content (AvgIpc) is 2.49. The van der Waals surface area contributed by atoms with Gasteiger partial charge in [-0.15, -0.1) is 11.8 Å². The summed E-state index contributed by atoms with van der Waals surface area (Å²) in [6, 6.07) is 0. The second-order valence-electron chi connectivity index (χ2n) is 3.13. The van der Waals surface area contributed by atoms with E-state index in [0.717, 1.165) is 0 Å². The number of carboxylic acid groups (broad SMARTS) is 1. The molecule has 1 rings (SSSR count). The lowest BCUT2D eigenvalue weighted by atomic mass is 9.95. The van der Waals surface area contributed by atoms with Crippen LogP contribution in [0.4, 0.5) is 0 Å². The molecular formula is C8H12N2O3S. The molecule has 0 saturated carbocycles. The van der Waals surface area contributed by atoms with E-state index in [1.54, 1.807) is 0 Å². The molecule has 0 saturated heterocycles. The van der Waals surface area contributed by atoms with Crippen molar-refractivity contribution in [2.45, 2.75) is 25.3 Å². The van der Waals surface area contributed by atoms with E-state index in [9.17, 15) is 4.79 Å². The van der Waals surface area contributed by atoms with Crippen molar-refractivity contribution in [2.75, 3.05) is 5.75 Å². The summed E-state index contributed by atoms with van der Waals surface area (Å²) in [6.07, 6.45) is 1.94. The Hall–Kier alpha value is -1.04. The van der Waals surface area contributed by atoms with E-state index in [2.05, 4.69) is 10.1 Å². The lowest BCUT2D eigenvalue weighted by Crippen LogP contribution is -2.29. The maximum absolute atomic E-state index is 10.6. The summed E-state index contributed by atoms with van der Waals surface area (Å²) in [5.74, 6) is -0.213. The zero-order chi connectivity index (χ0) is 10.6. The number of rotatable bonds is 4. The van der Waals surface area contributed by atoms with Crippen LogP contribution >= 0.6 is 11.8 Å². The van der Waals surface area contributed by atoms with Crippen molar-refractivity contribution in [3.8, 4) is 0 Å². The Morgan fingerprint density at radius 2 is 2.57 bits per heavy atom. The maximum atomic E-state index is 10.6. The van der Waals surface area contributed by atoms with Crippen LogP contribution in [0.3, 0.4) is 0 Å². The zero-order valence-corrected chi connectivity index (χ0v) is 8.62. The van der Waals surface area contributed by atoms with Gasteiger partial charge in [0.1, 0.15) is 5.04 Å². The second-order valence-corrected chi connectivity index (χ2v) is 4.13. The van der Waals surface area contributed by atoms with Crippen LogP contribution in [0.2, 0.25) is 0 Å². The molecule has 1 aliphatic heterocycles. The van der Waals surface area contributed by atoms with Gasteiger partial charge in [0, 0.05) is 5.75 Å². The van der Waals surface area contributed by atoms with Crippen LogP contribution in [-0.2, 0) is 4.79 Å². The van der Waals surface area contributed by atoms with Gasteiger partial charge >= 0.3 is 5.97 Å². The predicted octanol–water partition coefficient (Wildman–Crippen LogP) is 1.22. The number of carboxylic acids is 1. The van der Waals surface area contributed by atoms with Crippen molar-refractivity contribution in [3.63, 3.8) is 0 Å². The summed E-state index contributed by atoms with van der Waals surface area (Å²) in [5, 5.41) is 20.5. The number of hydrogen-bond donors (Lipinski definition) is 2. The monoisotopic (exact) mass is 216 g/mol. The largest absolute Gasteiger partial charge is 0.481 e. The Kier molecular flexibility index (Phi) is 3.51. The normalized spacial score (nSPS) is 26.8. The maximum Gasteiger partial charge on any atom is 0.305 e.